The first-order valence-electron chi connectivity index (χ1n) is 4.90. The highest BCUT2D eigenvalue weighted by Gasteiger charge is 2.06. The van der Waals surface area contributed by atoms with E-state index in [1.165, 1.54) is 0 Å². The van der Waals surface area contributed by atoms with Gasteiger partial charge in [-0.05, 0) is 23.6 Å². The zero-order chi connectivity index (χ0) is 11.3. The zero-order valence-corrected chi connectivity index (χ0v) is 9.32. The number of hydrogen-bond acceptors (Lipinski definition) is 3. The highest BCUT2D eigenvalue weighted by atomic mass is 16.7. The zero-order valence-electron chi connectivity index (χ0n) is 9.32. The molecule has 0 aliphatic heterocycles. The molecule has 0 saturated carbocycles. The lowest BCUT2D eigenvalue weighted by Crippen LogP contribution is -2.02. The summed E-state index contributed by atoms with van der Waals surface area (Å²) in [4.78, 5) is 10.8. The van der Waals surface area contributed by atoms with Crippen LogP contribution in [0.1, 0.15) is 35.7 Å². The van der Waals surface area contributed by atoms with E-state index < -0.39 is 0 Å². The summed E-state index contributed by atoms with van der Waals surface area (Å²) in [5.41, 5.74) is 1.69. The molecule has 0 bridgehead atoms. The van der Waals surface area contributed by atoms with Gasteiger partial charge in [-0.2, -0.15) is 0 Å². The second kappa shape index (κ2) is 5.51. The van der Waals surface area contributed by atoms with Gasteiger partial charge in [-0.25, -0.2) is 0 Å². The van der Waals surface area contributed by atoms with Crippen LogP contribution in [0, 0.1) is 0 Å². The van der Waals surface area contributed by atoms with Crippen molar-refractivity contribution in [1.82, 2.24) is 0 Å². The van der Waals surface area contributed by atoms with Gasteiger partial charge < -0.3 is 9.47 Å². The molecule has 0 amide bonds. The molecule has 0 aromatic heterocycles. The molecule has 0 atom stereocenters. The molecule has 1 aromatic carbocycles. The van der Waals surface area contributed by atoms with Crippen molar-refractivity contribution in [3.8, 4) is 5.75 Å². The Morgan fingerprint density at radius 3 is 2.67 bits per heavy atom. The van der Waals surface area contributed by atoms with E-state index in [1.54, 1.807) is 13.2 Å². The minimum absolute atomic E-state index is 0.155. The van der Waals surface area contributed by atoms with Crippen molar-refractivity contribution in [2.45, 2.75) is 19.8 Å². The monoisotopic (exact) mass is 208 g/mol. The fraction of sp³-hybridized carbons (Fsp3) is 0.417. The lowest BCUT2D eigenvalue weighted by atomic mass is 10.0. The number of ether oxygens (including phenoxy) is 2. The molecular formula is C12H16O3. The van der Waals surface area contributed by atoms with Gasteiger partial charge >= 0.3 is 0 Å². The van der Waals surface area contributed by atoms with Gasteiger partial charge in [0.1, 0.15) is 5.75 Å². The number of aldehydes is 1. The predicted molar refractivity (Wildman–Crippen MR) is 58.4 cm³/mol. The maximum Gasteiger partial charge on any atom is 0.188 e. The number of benzene rings is 1. The first-order chi connectivity index (χ1) is 7.19. The molecule has 3 nitrogen and oxygen atoms in total. The number of carbonyl (C=O) groups excluding carboxylic acids is 1. The van der Waals surface area contributed by atoms with E-state index in [0.29, 0.717) is 17.2 Å². The maximum atomic E-state index is 10.8. The number of hydrogen-bond donors (Lipinski definition) is 0. The van der Waals surface area contributed by atoms with Crippen LogP contribution in [0.4, 0.5) is 0 Å². The molecule has 0 unspecified atom stereocenters. The molecule has 15 heavy (non-hydrogen) atoms. The summed E-state index contributed by atoms with van der Waals surface area (Å²) in [5.74, 6) is 0.969. The van der Waals surface area contributed by atoms with Crippen molar-refractivity contribution in [3.05, 3.63) is 29.3 Å². The van der Waals surface area contributed by atoms with Crippen molar-refractivity contribution in [3.63, 3.8) is 0 Å². The maximum absolute atomic E-state index is 10.8. The molecule has 0 N–H and O–H groups in total. The van der Waals surface area contributed by atoms with E-state index in [0.717, 1.165) is 11.8 Å². The molecule has 3 heteroatoms. The molecule has 1 rings (SSSR count). The number of methoxy groups -OCH3 is 1. The van der Waals surface area contributed by atoms with Gasteiger partial charge in [0.15, 0.2) is 13.1 Å². The summed E-state index contributed by atoms with van der Waals surface area (Å²) in [6.45, 7) is 4.32. The van der Waals surface area contributed by atoms with Crippen molar-refractivity contribution in [1.29, 1.82) is 0 Å². The normalized spacial score (nSPS) is 10.4. The van der Waals surface area contributed by atoms with Crippen LogP contribution in [0.15, 0.2) is 18.2 Å². The fourth-order valence-corrected chi connectivity index (χ4v) is 1.27. The molecule has 1 aromatic rings. The molecule has 0 aliphatic rings. The van der Waals surface area contributed by atoms with Crippen LogP contribution >= 0.6 is 0 Å². The van der Waals surface area contributed by atoms with Crippen LogP contribution in [-0.2, 0) is 4.74 Å². The Labute approximate surface area is 90.0 Å². The average molecular weight is 208 g/mol. The highest BCUT2D eigenvalue weighted by Crippen LogP contribution is 2.22. The van der Waals surface area contributed by atoms with Gasteiger partial charge in [-0.1, -0.05) is 19.9 Å². The van der Waals surface area contributed by atoms with Crippen molar-refractivity contribution in [2.75, 3.05) is 13.9 Å². The fourth-order valence-electron chi connectivity index (χ4n) is 1.27. The molecule has 0 saturated heterocycles. The smallest absolute Gasteiger partial charge is 0.188 e. The predicted octanol–water partition coefficient (Wildman–Crippen LogP) is 2.61. The minimum atomic E-state index is 0.155. The van der Waals surface area contributed by atoms with Crippen LogP contribution in [0.5, 0.6) is 5.75 Å². The SMILES string of the molecule is COCOc1ccc(C(C)C)cc1C=O. The van der Waals surface area contributed by atoms with Crippen LogP contribution in [0.25, 0.3) is 0 Å². The second-order valence-corrected chi connectivity index (χ2v) is 3.62. The molecule has 0 heterocycles. The average Bonchev–Trinajstić information content (AvgIpc) is 2.25. The summed E-state index contributed by atoms with van der Waals surface area (Å²) in [6.07, 6.45) is 0.802. The molecular weight excluding hydrogens is 192 g/mol. The Bertz CT molecular complexity index is 332. The Kier molecular flexibility index (Phi) is 4.31. The Hall–Kier alpha value is -1.35. The Morgan fingerprint density at radius 2 is 2.13 bits per heavy atom. The van der Waals surface area contributed by atoms with Gasteiger partial charge in [-0.3, -0.25) is 4.79 Å². The van der Waals surface area contributed by atoms with Crippen LogP contribution in [-0.4, -0.2) is 20.2 Å². The summed E-state index contributed by atoms with van der Waals surface area (Å²) in [7, 11) is 1.54. The third kappa shape index (κ3) is 3.06. The van der Waals surface area contributed by atoms with Crippen LogP contribution in [0.3, 0.4) is 0 Å². The summed E-state index contributed by atoms with van der Waals surface area (Å²) >= 11 is 0. The van der Waals surface area contributed by atoms with Crippen molar-refractivity contribution >= 4 is 6.29 Å². The first kappa shape index (κ1) is 11.7. The number of rotatable bonds is 5. The standard InChI is InChI=1S/C12H16O3/c1-9(2)10-4-5-12(15-8-14-3)11(6-10)7-13/h4-7,9H,8H2,1-3H3. The third-order valence-corrected chi connectivity index (χ3v) is 2.16. The summed E-state index contributed by atoms with van der Waals surface area (Å²) in [5, 5.41) is 0. The Morgan fingerprint density at radius 1 is 1.40 bits per heavy atom. The quantitative estimate of drug-likeness (QED) is 0.551. The molecule has 0 radical (unpaired) electrons. The largest absolute Gasteiger partial charge is 0.467 e. The van der Waals surface area contributed by atoms with Crippen LogP contribution < -0.4 is 4.74 Å². The highest BCUT2D eigenvalue weighted by molar-refractivity contribution is 5.79. The van der Waals surface area contributed by atoms with Gasteiger partial charge in [0.25, 0.3) is 0 Å². The van der Waals surface area contributed by atoms with E-state index in [9.17, 15) is 4.79 Å². The first-order valence-corrected chi connectivity index (χ1v) is 4.90. The van der Waals surface area contributed by atoms with Gasteiger partial charge in [0, 0.05) is 7.11 Å². The van der Waals surface area contributed by atoms with Crippen molar-refractivity contribution < 1.29 is 14.3 Å². The van der Waals surface area contributed by atoms with E-state index in [-0.39, 0.29) is 6.79 Å². The molecule has 0 fully saturated rings. The third-order valence-electron chi connectivity index (χ3n) is 2.16. The topological polar surface area (TPSA) is 35.5 Å². The minimum Gasteiger partial charge on any atom is -0.467 e. The second-order valence-electron chi connectivity index (χ2n) is 3.62. The van der Waals surface area contributed by atoms with Crippen molar-refractivity contribution in [2.24, 2.45) is 0 Å². The summed E-state index contributed by atoms with van der Waals surface area (Å²) in [6, 6.07) is 5.61. The van der Waals surface area contributed by atoms with Gasteiger partial charge in [0.2, 0.25) is 0 Å². The van der Waals surface area contributed by atoms with Gasteiger partial charge in [0.05, 0.1) is 5.56 Å². The molecule has 82 valence electrons. The Balaban J connectivity index is 2.93. The lowest BCUT2D eigenvalue weighted by Gasteiger charge is -2.10. The summed E-state index contributed by atoms with van der Waals surface area (Å²) < 4.78 is 10.0. The number of carbonyl (C=O) groups is 1. The van der Waals surface area contributed by atoms with E-state index >= 15 is 0 Å². The van der Waals surface area contributed by atoms with E-state index in [1.807, 2.05) is 12.1 Å². The van der Waals surface area contributed by atoms with Crippen LogP contribution in [0.2, 0.25) is 0 Å². The van der Waals surface area contributed by atoms with Gasteiger partial charge in [-0.15, -0.1) is 0 Å². The lowest BCUT2D eigenvalue weighted by molar-refractivity contribution is 0.0505. The van der Waals surface area contributed by atoms with E-state index in [2.05, 4.69) is 13.8 Å². The molecule has 0 aliphatic carbocycles. The van der Waals surface area contributed by atoms with E-state index in [4.69, 9.17) is 9.47 Å². The molecule has 0 spiro atoms.